The fourth-order valence-electron chi connectivity index (χ4n) is 8.09. The number of nitrogens with zero attached hydrogens (tertiary/aromatic N) is 3. The lowest BCUT2D eigenvalue weighted by Crippen LogP contribution is -1.96. The second kappa shape index (κ2) is 14.8. The van der Waals surface area contributed by atoms with E-state index in [1.165, 1.54) is 42.4 Å². The number of pyridine rings is 1. The molecule has 276 valence electrons. The van der Waals surface area contributed by atoms with Crippen molar-refractivity contribution in [1.29, 1.82) is 0 Å². The molecule has 0 saturated carbocycles. The molecule has 3 aromatic heterocycles. The first-order valence-electron chi connectivity index (χ1n) is 19.8. The van der Waals surface area contributed by atoms with Gasteiger partial charge in [-0.2, -0.15) is 0 Å². The minimum atomic E-state index is 0.680. The predicted molar refractivity (Wildman–Crippen MR) is 248 cm³/mol. The van der Waals surface area contributed by atoms with Crippen LogP contribution in [0.2, 0.25) is 0 Å². The van der Waals surface area contributed by atoms with Crippen molar-refractivity contribution < 1.29 is 0 Å². The van der Waals surface area contributed by atoms with E-state index in [-0.39, 0.29) is 0 Å². The summed E-state index contributed by atoms with van der Waals surface area (Å²) in [4.78, 5) is 15.8. The van der Waals surface area contributed by atoms with Gasteiger partial charge in [0.05, 0.1) is 27.3 Å². The van der Waals surface area contributed by atoms with E-state index in [4.69, 9.17) is 15.0 Å². The molecule has 8 aromatic carbocycles. The summed E-state index contributed by atoms with van der Waals surface area (Å²) in [5, 5.41) is 3.66. The van der Waals surface area contributed by atoms with E-state index in [2.05, 4.69) is 200 Å². The largest absolute Gasteiger partial charge is 0.246 e. The van der Waals surface area contributed by atoms with Gasteiger partial charge < -0.3 is 0 Å². The van der Waals surface area contributed by atoms with E-state index in [1.54, 1.807) is 0 Å². The van der Waals surface area contributed by atoms with Crippen LogP contribution in [0.3, 0.4) is 0 Å². The first-order valence-corrected chi connectivity index (χ1v) is 20.7. The van der Waals surface area contributed by atoms with Crippen molar-refractivity contribution in [2.24, 2.45) is 0 Å². The van der Waals surface area contributed by atoms with Crippen molar-refractivity contribution in [3.8, 4) is 78.5 Å². The Bertz CT molecular complexity index is 3180. The first kappa shape index (κ1) is 34.7. The van der Waals surface area contributed by atoms with Crippen molar-refractivity contribution in [3.05, 3.63) is 212 Å². The predicted octanol–water partition coefficient (Wildman–Crippen LogP) is 15.1. The van der Waals surface area contributed by atoms with Gasteiger partial charge in [0.25, 0.3) is 0 Å². The van der Waals surface area contributed by atoms with Crippen molar-refractivity contribution in [1.82, 2.24) is 15.0 Å². The topological polar surface area (TPSA) is 38.7 Å². The number of aromatic nitrogens is 3. The molecule has 0 aliphatic carbocycles. The lowest BCUT2D eigenvalue weighted by atomic mass is 9.97. The highest BCUT2D eigenvalue weighted by atomic mass is 32.1. The third kappa shape index (κ3) is 6.56. The minimum Gasteiger partial charge on any atom is -0.246 e. The second-order valence-corrected chi connectivity index (χ2v) is 15.8. The Morgan fingerprint density at radius 1 is 0.305 bits per heavy atom. The number of hydrogen-bond acceptors (Lipinski definition) is 4. The van der Waals surface area contributed by atoms with E-state index in [9.17, 15) is 0 Å². The molecule has 59 heavy (non-hydrogen) atoms. The summed E-state index contributed by atoms with van der Waals surface area (Å²) in [6.07, 6.45) is 0. The minimum absolute atomic E-state index is 0.680. The molecule has 11 aromatic rings. The third-order valence-electron chi connectivity index (χ3n) is 11.1. The number of rotatable bonds is 7. The smallest absolute Gasteiger partial charge is 0.160 e. The maximum absolute atomic E-state index is 5.28. The highest BCUT2D eigenvalue weighted by Crippen LogP contribution is 2.43. The lowest BCUT2D eigenvalue weighted by molar-refractivity contribution is 1.18. The number of benzene rings is 8. The highest BCUT2D eigenvalue weighted by molar-refractivity contribution is 7.26. The molecular weight excluding hydrogens is 735 g/mol. The Kier molecular flexibility index (Phi) is 8.68. The van der Waals surface area contributed by atoms with E-state index < -0.39 is 0 Å². The number of fused-ring (bicyclic) bond motifs is 5. The normalized spacial score (nSPS) is 11.4. The first-order chi connectivity index (χ1) is 29.2. The molecule has 0 bridgehead atoms. The quantitative estimate of drug-likeness (QED) is 0.162. The molecule has 0 unspecified atom stereocenters. The van der Waals surface area contributed by atoms with Crippen LogP contribution in [0.5, 0.6) is 0 Å². The van der Waals surface area contributed by atoms with Crippen molar-refractivity contribution >= 4 is 42.4 Å². The Balaban J connectivity index is 1.03. The molecule has 0 N–H and O–H groups in total. The van der Waals surface area contributed by atoms with Crippen LogP contribution in [-0.4, -0.2) is 15.0 Å². The van der Waals surface area contributed by atoms with Gasteiger partial charge in [-0.15, -0.1) is 11.3 Å². The Morgan fingerprint density at radius 3 is 1.41 bits per heavy atom. The molecule has 3 heterocycles. The zero-order chi connectivity index (χ0) is 39.1. The summed E-state index contributed by atoms with van der Waals surface area (Å²) >= 11 is 1.82. The maximum atomic E-state index is 5.28. The highest BCUT2D eigenvalue weighted by Gasteiger charge is 2.18. The summed E-state index contributed by atoms with van der Waals surface area (Å²) in [6.45, 7) is 0. The summed E-state index contributed by atoms with van der Waals surface area (Å²) in [7, 11) is 0. The van der Waals surface area contributed by atoms with Gasteiger partial charge >= 0.3 is 0 Å². The van der Waals surface area contributed by atoms with Crippen LogP contribution in [0.4, 0.5) is 0 Å². The molecule has 0 radical (unpaired) electrons. The Labute approximate surface area is 346 Å². The van der Waals surface area contributed by atoms with Gasteiger partial charge in [-0.3, -0.25) is 0 Å². The standard InChI is InChI=1S/C55H35N3S/c1-4-13-36(14-5-1)38-23-27-40(28-24-38)49-35-50(41-29-25-39(26-30-41)37-15-6-2-7-16-37)58-55(57-49)45-20-12-19-43(33-45)44-31-32-48-47(34-44)52-46-21-10-11-22-51(46)59-54(52)53(56-48)42-17-8-3-9-18-42/h1-35H. The Morgan fingerprint density at radius 2 is 0.780 bits per heavy atom. The van der Waals surface area contributed by atoms with Gasteiger partial charge in [0.15, 0.2) is 5.82 Å². The van der Waals surface area contributed by atoms with E-state index in [1.807, 2.05) is 23.5 Å². The molecule has 0 atom stereocenters. The van der Waals surface area contributed by atoms with Crippen LogP contribution >= 0.6 is 11.3 Å². The fourth-order valence-corrected chi connectivity index (χ4v) is 9.32. The van der Waals surface area contributed by atoms with E-state index >= 15 is 0 Å². The van der Waals surface area contributed by atoms with Crippen LogP contribution in [-0.2, 0) is 0 Å². The van der Waals surface area contributed by atoms with Crippen molar-refractivity contribution in [2.45, 2.75) is 0 Å². The molecule has 0 spiro atoms. The van der Waals surface area contributed by atoms with Gasteiger partial charge in [0.1, 0.15) is 0 Å². The molecule has 0 amide bonds. The lowest BCUT2D eigenvalue weighted by Gasteiger charge is -2.12. The van der Waals surface area contributed by atoms with E-state index in [0.717, 1.165) is 61.4 Å². The molecule has 11 rings (SSSR count). The van der Waals surface area contributed by atoms with Gasteiger partial charge in [-0.25, -0.2) is 15.0 Å². The zero-order valence-electron chi connectivity index (χ0n) is 32.0. The summed E-state index contributed by atoms with van der Waals surface area (Å²) in [6, 6.07) is 74.9. The van der Waals surface area contributed by atoms with Gasteiger partial charge in [-0.1, -0.05) is 182 Å². The molecule has 3 nitrogen and oxygen atoms in total. The maximum Gasteiger partial charge on any atom is 0.160 e. The molecule has 0 saturated heterocycles. The Hall–Kier alpha value is -7.53. The SMILES string of the molecule is c1ccc(-c2ccc(-c3cc(-c4ccc(-c5ccccc5)cc4)nc(-c4cccc(-c5ccc6nc(-c7ccccc7)c7sc8ccccc8c7c6c5)c4)n3)cc2)cc1. The van der Waals surface area contributed by atoms with Crippen molar-refractivity contribution in [3.63, 3.8) is 0 Å². The summed E-state index contributed by atoms with van der Waals surface area (Å²) in [5.74, 6) is 0.680. The van der Waals surface area contributed by atoms with Crippen LogP contribution in [0.25, 0.3) is 110 Å². The van der Waals surface area contributed by atoms with Crippen LogP contribution in [0.15, 0.2) is 212 Å². The van der Waals surface area contributed by atoms with Gasteiger partial charge in [0.2, 0.25) is 0 Å². The average Bonchev–Trinajstić information content (AvgIpc) is 3.72. The monoisotopic (exact) mass is 769 g/mol. The number of hydrogen-bond donors (Lipinski definition) is 0. The van der Waals surface area contributed by atoms with Crippen molar-refractivity contribution in [2.75, 3.05) is 0 Å². The fraction of sp³-hybridized carbons (Fsp3) is 0. The van der Waals surface area contributed by atoms with E-state index in [0.29, 0.717) is 5.82 Å². The van der Waals surface area contributed by atoms with Crippen LogP contribution in [0, 0.1) is 0 Å². The zero-order valence-corrected chi connectivity index (χ0v) is 32.8. The summed E-state index contributed by atoms with van der Waals surface area (Å²) in [5.41, 5.74) is 14.9. The molecule has 4 heteroatoms. The number of thiophene rings is 1. The van der Waals surface area contributed by atoms with Crippen LogP contribution < -0.4 is 0 Å². The van der Waals surface area contributed by atoms with Gasteiger partial charge in [0, 0.05) is 43.1 Å². The molecular formula is C55H35N3S. The molecule has 0 aliphatic rings. The molecule has 0 aliphatic heterocycles. The average molecular weight is 770 g/mol. The van der Waals surface area contributed by atoms with Crippen LogP contribution in [0.1, 0.15) is 0 Å². The second-order valence-electron chi connectivity index (χ2n) is 14.8. The van der Waals surface area contributed by atoms with Gasteiger partial charge in [-0.05, 0) is 63.7 Å². The summed E-state index contributed by atoms with van der Waals surface area (Å²) < 4.78 is 2.47. The molecule has 0 fully saturated rings. The third-order valence-corrected chi connectivity index (χ3v) is 12.3.